The summed E-state index contributed by atoms with van der Waals surface area (Å²) >= 11 is 0. The molecule has 3 aliphatic rings. The van der Waals surface area contributed by atoms with Crippen LogP contribution >= 0.6 is 0 Å². The highest BCUT2D eigenvalue weighted by Gasteiger charge is 2.49. The molecule has 1 unspecified atom stereocenters. The van der Waals surface area contributed by atoms with Gasteiger partial charge in [0.25, 0.3) is 0 Å². The second-order valence-corrected chi connectivity index (χ2v) is 6.23. The number of piperidine rings is 1. The standard InChI is InChI=1S/C15H28N2O3/c18-9-8-17(13-4-2-1-3-5-13)14-12-16-7-6-15(14)19-10-11-20-15/h13-14,16,18H,1-12H2. The Balaban J connectivity index is 1.76. The molecule has 0 aromatic rings. The summed E-state index contributed by atoms with van der Waals surface area (Å²) in [6.07, 6.45) is 7.36. The average Bonchev–Trinajstić information content (AvgIpc) is 2.96. The van der Waals surface area contributed by atoms with Crippen LogP contribution in [0.15, 0.2) is 0 Å². The highest BCUT2D eigenvalue weighted by molar-refractivity contribution is 4.97. The van der Waals surface area contributed by atoms with E-state index >= 15 is 0 Å². The molecule has 1 atom stereocenters. The van der Waals surface area contributed by atoms with Crippen LogP contribution in [0.4, 0.5) is 0 Å². The summed E-state index contributed by atoms with van der Waals surface area (Å²) in [7, 11) is 0. The molecule has 3 fully saturated rings. The molecule has 3 rings (SSSR count). The zero-order valence-corrected chi connectivity index (χ0v) is 12.4. The Morgan fingerprint density at radius 1 is 1.15 bits per heavy atom. The predicted octanol–water partition coefficient (Wildman–Crippen LogP) is 0.718. The molecule has 1 saturated carbocycles. The van der Waals surface area contributed by atoms with Gasteiger partial charge in [-0.05, 0) is 12.8 Å². The maximum atomic E-state index is 9.49. The Bertz CT molecular complexity index is 301. The number of nitrogens with one attached hydrogen (secondary N) is 1. The van der Waals surface area contributed by atoms with Gasteiger partial charge in [0.15, 0.2) is 5.79 Å². The van der Waals surface area contributed by atoms with Crippen molar-refractivity contribution in [2.75, 3.05) is 39.5 Å². The molecule has 2 saturated heterocycles. The van der Waals surface area contributed by atoms with Crippen LogP contribution in [0.2, 0.25) is 0 Å². The van der Waals surface area contributed by atoms with Crippen molar-refractivity contribution in [3.63, 3.8) is 0 Å². The van der Waals surface area contributed by atoms with Crippen LogP contribution in [0.1, 0.15) is 38.5 Å². The second-order valence-electron chi connectivity index (χ2n) is 6.23. The minimum absolute atomic E-state index is 0.211. The van der Waals surface area contributed by atoms with Gasteiger partial charge < -0.3 is 19.9 Å². The lowest BCUT2D eigenvalue weighted by Crippen LogP contribution is -2.64. The van der Waals surface area contributed by atoms with Gasteiger partial charge in [-0.15, -0.1) is 0 Å². The van der Waals surface area contributed by atoms with Crippen molar-refractivity contribution >= 4 is 0 Å². The van der Waals surface area contributed by atoms with E-state index < -0.39 is 5.79 Å². The number of aliphatic hydroxyl groups excluding tert-OH is 1. The molecule has 0 amide bonds. The number of rotatable bonds is 4. The van der Waals surface area contributed by atoms with E-state index in [4.69, 9.17) is 9.47 Å². The van der Waals surface area contributed by atoms with E-state index in [0.717, 1.165) is 26.1 Å². The number of hydrogen-bond donors (Lipinski definition) is 2. The Hall–Kier alpha value is -0.200. The van der Waals surface area contributed by atoms with Gasteiger partial charge in [-0.3, -0.25) is 4.90 Å². The molecule has 0 aromatic carbocycles. The van der Waals surface area contributed by atoms with Crippen LogP contribution in [-0.2, 0) is 9.47 Å². The number of ether oxygens (including phenoxy) is 2. The molecule has 0 bridgehead atoms. The molecule has 5 nitrogen and oxygen atoms in total. The van der Waals surface area contributed by atoms with Crippen LogP contribution in [0.5, 0.6) is 0 Å². The molecule has 0 radical (unpaired) electrons. The van der Waals surface area contributed by atoms with Gasteiger partial charge in [-0.1, -0.05) is 19.3 Å². The summed E-state index contributed by atoms with van der Waals surface area (Å²) < 4.78 is 12.1. The van der Waals surface area contributed by atoms with Gasteiger partial charge in [0, 0.05) is 32.1 Å². The fourth-order valence-electron chi connectivity index (χ4n) is 4.12. The summed E-state index contributed by atoms with van der Waals surface area (Å²) in [5.74, 6) is -0.433. The fraction of sp³-hybridized carbons (Fsp3) is 1.00. The topological polar surface area (TPSA) is 54.0 Å². The summed E-state index contributed by atoms with van der Waals surface area (Å²) in [5, 5.41) is 13.0. The predicted molar refractivity (Wildman–Crippen MR) is 76.6 cm³/mol. The quantitative estimate of drug-likeness (QED) is 0.797. The van der Waals surface area contributed by atoms with Gasteiger partial charge in [-0.25, -0.2) is 0 Å². The summed E-state index contributed by atoms with van der Waals surface area (Å²) in [4.78, 5) is 2.47. The molecule has 0 aromatic heterocycles. The smallest absolute Gasteiger partial charge is 0.186 e. The monoisotopic (exact) mass is 284 g/mol. The first-order valence-corrected chi connectivity index (χ1v) is 8.21. The van der Waals surface area contributed by atoms with Crippen molar-refractivity contribution in [1.82, 2.24) is 10.2 Å². The van der Waals surface area contributed by atoms with Crippen molar-refractivity contribution in [2.45, 2.75) is 56.4 Å². The van der Waals surface area contributed by atoms with Crippen molar-refractivity contribution in [3.05, 3.63) is 0 Å². The van der Waals surface area contributed by atoms with Gasteiger partial charge >= 0.3 is 0 Å². The van der Waals surface area contributed by atoms with Crippen molar-refractivity contribution < 1.29 is 14.6 Å². The molecule has 116 valence electrons. The molecule has 5 heteroatoms. The van der Waals surface area contributed by atoms with E-state index in [9.17, 15) is 5.11 Å². The van der Waals surface area contributed by atoms with Crippen molar-refractivity contribution in [2.24, 2.45) is 0 Å². The third-order valence-corrected chi connectivity index (χ3v) is 5.07. The highest BCUT2D eigenvalue weighted by atomic mass is 16.7. The van der Waals surface area contributed by atoms with E-state index in [2.05, 4.69) is 10.2 Å². The highest BCUT2D eigenvalue weighted by Crippen LogP contribution is 2.35. The van der Waals surface area contributed by atoms with Crippen molar-refractivity contribution in [1.29, 1.82) is 0 Å². The van der Waals surface area contributed by atoms with Crippen LogP contribution in [-0.4, -0.2) is 67.3 Å². The lowest BCUT2D eigenvalue weighted by atomic mass is 9.89. The molecule has 20 heavy (non-hydrogen) atoms. The SMILES string of the molecule is OCCN(C1CCCCC1)C1CNCCC12OCCO2. The van der Waals surface area contributed by atoms with E-state index in [1.807, 2.05) is 0 Å². The summed E-state index contributed by atoms with van der Waals surface area (Å²) in [5.41, 5.74) is 0. The molecule has 1 aliphatic carbocycles. The first kappa shape index (κ1) is 14.7. The van der Waals surface area contributed by atoms with Gasteiger partial charge in [0.05, 0.1) is 25.9 Å². The normalized spacial score (nSPS) is 31.2. The van der Waals surface area contributed by atoms with E-state index in [1.54, 1.807) is 0 Å². The van der Waals surface area contributed by atoms with E-state index in [0.29, 0.717) is 19.3 Å². The third kappa shape index (κ3) is 2.88. The zero-order chi connectivity index (χ0) is 13.8. The number of aliphatic hydroxyl groups is 1. The Labute approximate surface area is 121 Å². The first-order valence-electron chi connectivity index (χ1n) is 8.21. The van der Waals surface area contributed by atoms with E-state index in [1.165, 1.54) is 32.1 Å². The van der Waals surface area contributed by atoms with Gasteiger partial charge in [-0.2, -0.15) is 0 Å². The lowest BCUT2D eigenvalue weighted by molar-refractivity contribution is -0.220. The lowest BCUT2D eigenvalue weighted by Gasteiger charge is -2.48. The summed E-state index contributed by atoms with van der Waals surface area (Å²) in [6.45, 7) is 4.20. The molecule has 2 aliphatic heterocycles. The second kappa shape index (κ2) is 6.71. The fourth-order valence-corrected chi connectivity index (χ4v) is 4.12. The minimum atomic E-state index is -0.433. The van der Waals surface area contributed by atoms with Gasteiger partial charge in [0.1, 0.15) is 0 Å². The molecular formula is C15H28N2O3. The Morgan fingerprint density at radius 2 is 1.90 bits per heavy atom. The maximum absolute atomic E-state index is 9.49. The third-order valence-electron chi connectivity index (χ3n) is 5.07. The van der Waals surface area contributed by atoms with Crippen molar-refractivity contribution in [3.8, 4) is 0 Å². The molecule has 2 heterocycles. The van der Waals surface area contributed by atoms with Crippen LogP contribution < -0.4 is 5.32 Å². The maximum Gasteiger partial charge on any atom is 0.186 e. The zero-order valence-electron chi connectivity index (χ0n) is 12.4. The van der Waals surface area contributed by atoms with Crippen LogP contribution in [0.25, 0.3) is 0 Å². The molecular weight excluding hydrogens is 256 g/mol. The molecule has 1 spiro atoms. The Kier molecular flexibility index (Phi) is 4.94. The van der Waals surface area contributed by atoms with Crippen LogP contribution in [0, 0.1) is 0 Å². The first-order chi connectivity index (χ1) is 9.86. The number of hydrogen-bond acceptors (Lipinski definition) is 5. The minimum Gasteiger partial charge on any atom is -0.395 e. The Morgan fingerprint density at radius 3 is 2.60 bits per heavy atom. The largest absolute Gasteiger partial charge is 0.395 e. The molecule has 2 N–H and O–H groups in total. The summed E-state index contributed by atoms with van der Waals surface area (Å²) in [6, 6.07) is 0.805. The number of nitrogens with zero attached hydrogens (tertiary/aromatic N) is 1. The average molecular weight is 284 g/mol. The van der Waals surface area contributed by atoms with Gasteiger partial charge in [0.2, 0.25) is 0 Å². The van der Waals surface area contributed by atoms with Crippen LogP contribution in [0.3, 0.4) is 0 Å². The van der Waals surface area contributed by atoms with E-state index in [-0.39, 0.29) is 12.6 Å².